The molecular weight excluding hydrogens is 407 g/mol. The number of hydrogen-bond donors (Lipinski definition) is 0. The monoisotopic (exact) mass is 424 g/mol. The van der Waals surface area contributed by atoms with E-state index in [1.165, 1.54) is 21.5 Å². The topological polar surface area (TPSA) is 0 Å². The Kier molecular flexibility index (Phi) is 5.04. The molecule has 30 heavy (non-hydrogen) atoms. The van der Waals surface area contributed by atoms with Crippen LogP contribution in [0.4, 0.5) is 0 Å². The van der Waals surface area contributed by atoms with Gasteiger partial charge in [0.25, 0.3) is 0 Å². The molecule has 0 heterocycles. The number of fused-ring (bicyclic) bond motifs is 4. The van der Waals surface area contributed by atoms with Gasteiger partial charge in [0.05, 0.1) is 10.0 Å². The molecule has 0 spiro atoms. The normalized spacial score (nSPS) is 11.0. The lowest BCUT2D eigenvalue weighted by Crippen LogP contribution is -1.81. The molecule has 0 radical (unpaired) electrons. The van der Waals surface area contributed by atoms with Gasteiger partial charge in [-0.3, -0.25) is 0 Å². The van der Waals surface area contributed by atoms with Gasteiger partial charge in [0, 0.05) is 21.5 Å². The second kappa shape index (κ2) is 7.99. The number of rotatable bonds is 0. The second-order valence-electron chi connectivity index (χ2n) is 7.27. The summed E-state index contributed by atoms with van der Waals surface area (Å²) >= 11 is 12.8. The first-order valence-corrected chi connectivity index (χ1v) is 10.6. The summed E-state index contributed by atoms with van der Waals surface area (Å²) < 4.78 is 0. The zero-order chi connectivity index (χ0) is 20.5. The van der Waals surface area contributed by atoms with Crippen LogP contribution in [-0.2, 0) is 0 Å². The van der Waals surface area contributed by atoms with E-state index in [1.54, 1.807) is 0 Å². The molecule has 0 fully saturated rings. The van der Waals surface area contributed by atoms with Crippen LogP contribution in [0.15, 0.2) is 109 Å². The van der Waals surface area contributed by atoms with E-state index >= 15 is 0 Å². The summed E-state index contributed by atoms with van der Waals surface area (Å²) in [4.78, 5) is 0. The molecule has 144 valence electrons. The fraction of sp³-hybridized carbons (Fsp3) is 0. The highest BCUT2D eigenvalue weighted by molar-refractivity contribution is 6.47. The first-order valence-electron chi connectivity index (χ1n) is 9.84. The molecule has 0 saturated carbocycles. The standard InChI is InChI=1S/C14H8Cl2.C14H10/c15-13-9-5-1-2-6-10(9)14(16)12-8-4-3-7-11(12)13;1-2-6-12-10-14-8-4-3-7-13(14)9-11(12)5-1/h1-8H;1-10H. The molecule has 0 saturated heterocycles. The minimum atomic E-state index is 0.774. The van der Waals surface area contributed by atoms with E-state index in [0.29, 0.717) is 0 Å². The highest BCUT2D eigenvalue weighted by atomic mass is 35.5. The molecular formula is C28H18Cl2. The van der Waals surface area contributed by atoms with Gasteiger partial charge >= 0.3 is 0 Å². The summed E-state index contributed by atoms with van der Waals surface area (Å²) in [7, 11) is 0. The van der Waals surface area contributed by atoms with Gasteiger partial charge in [0.15, 0.2) is 0 Å². The fourth-order valence-electron chi connectivity index (χ4n) is 3.90. The fourth-order valence-corrected chi connectivity index (χ4v) is 4.56. The Labute approximate surface area is 185 Å². The number of halogens is 2. The first-order chi connectivity index (χ1) is 14.7. The maximum Gasteiger partial charge on any atom is 0.0563 e. The van der Waals surface area contributed by atoms with Crippen molar-refractivity contribution in [1.82, 2.24) is 0 Å². The van der Waals surface area contributed by atoms with Crippen LogP contribution in [0.2, 0.25) is 10.0 Å². The van der Waals surface area contributed by atoms with E-state index in [0.717, 1.165) is 31.6 Å². The van der Waals surface area contributed by atoms with E-state index < -0.39 is 0 Å². The Hall–Kier alpha value is -3.06. The van der Waals surface area contributed by atoms with Crippen molar-refractivity contribution >= 4 is 66.3 Å². The lowest BCUT2D eigenvalue weighted by atomic mass is 10.0. The average Bonchev–Trinajstić information content (AvgIpc) is 2.81. The SMILES string of the molecule is Clc1c2ccccc2c(Cl)c2ccccc12.c1ccc2cc3ccccc3cc2c1. The highest BCUT2D eigenvalue weighted by Crippen LogP contribution is 2.38. The maximum absolute atomic E-state index is 6.39. The van der Waals surface area contributed by atoms with Crippen LogP contribution in [0.3, 0.4) is 0 Å². The van der Waals surface area contributed by atoms with E-state index in [9.17, 15) is 0 Å². The van der Waals surface area contributed by atoms with Crippen molar-refractivity contribution in [2.45, 2.75) is 0 Å². The van der Waals surface area contributed by atoms with Crippen LogP contribution < -0.4 is 0 Å². The van der Waals surface area contributed by atoms with Gasteiger partial charge in [0.2, 0.25) is 0 Å². The van der Waals surface area contributed by atoms with Crippen LogP contribution in [0, 0.1) is 0 Å². The number of hydrogen-bond acceptors (Lipinski definition) is 0. The smallest absolute Gasteiger partial charge is 0.0563 e. The third-order valence-electron chi connectivity index (χ3n) is 5.41. The van der Waals surface area contributed by atoms with Crippen LogP contribution in [-0.4, -0.2) is 0 Å². The Morgan fingerprint density at radius 1 is 0.333 bits per heavy atom. The minimum absolute atomic E-state index is 0.774. The van der Waals surface area contributed by atoms with Crippen molar-refractivity contribution in [3.8, 4) is 0 Å². The second-order valence-corrected chi connectivity index (χ2v) is 8.02. The van der Waals surface area contributed by atoms with Crippen LogP contribution in [0.25, 0.3) is 43.1 Å². The molecule has 0 aromatic heterocycles. The predicted molar refractivity (Wildman–Crippen MR) is 133 cm³/mol. The molecule has 6 rings (SSSR count). The first kappa shape index (κ1) is 18.9. The van der Waals surface area contributed by atoms with Crippen molar-refractivity contribution in [2.75, 3.05) is 0 Å². The Balaban J connectivity index is 0.000000130. The van der Waals surface area contributed by atoms with Gasteiger partial charge in [-0.25, -0.2) is 0 Å². The zero-order valence-electron chi connectivity index (χ0n) is 16.1. The Bertz CT molecular complexity index is 1290. The van der Waals surface area contributed by atoms with Crippen LogP contribution >= 0.6 is 23.2 Å². The molecule has 6 aromatic rings. The maximum atomic E-state index is 6.39. The van der Waals surface area contributed by atoms with Crippen molar-refractivity contribution < 1.29 is 0 Å². The van der Waals surface area contributed by atoms with Crippen molar-refractivity contribution in [2.24, 2.45) is 0 Å². The van der Waals surface area contributed by atoms with Crippen molar-refractivity contribution in [3.05, 3.63) is 119 Å². The van der Waals surface area contributed by atoms with Crippen molar-refractivity contribution in [1.29, 1.82) is 0 Å². The molecule has 0 aliphatic carbocycles. The lowest BCUT2D eigenvalue weighted by Gasteiger charge is -2.08. The van der Waals surface area contributed by atoms with E-state index in [-0.39, 0.29) is 0 Å². The molecule has 0 unspecified atom stereocenters. The summed E-state index contributed by atoms with van der Waals surface area (Å²) in [6.45, 7) is 0. The zero-order valence-corrected chi connectivity index (χ0v) is 17.7. The quantitative estimate of drug-likeness (QED) is 0.213. The van der Waals surface area contributed by atoms with Gasteiger partial charge in [-0.1, -0.05) is 120 Å². The molecule has 0 bridgehead atoms. The van der Waals surface area contributed by atoms with Crippen molar-refractivity contribution in [3.63, 3.8) is 0 Å². The van der Waals surface area contributed by atoms with Gasteiger partial charge in [-0.2, -0.15) is 0 Å². The molecule has 6 aromatic carbocycles. The molecule has 0 aliphatic heterocycles. The lowest BCUT2D eigenvalue weighted by molar-refractivity contribution is 1.76. The third-order valence-corrected chi connectivity index (χ3v) is 6.23. The molecule has 0 atom stereocenters. The summed E-state index contributed by atoms with van der Waals surface area (Å²) in [5.41, 5.74) is 0. The Morgan fingerprint density at radius 3 is 0.833 bits per heavy atom. The summed E-state index contributed by atoms with van der Waals surface area (Å²) in [5, 5.41) is 10.8. The largest absolute Gasteiger partial charge is 0.0830 e. The van der Waals surface area contributed by atoms with Crippen LogP contribution in [0.1, 0.15) is 0 Å². The van der Waals surface area contributed by atoms with Crippen LogP contribution in [0.5, 0.6) is 0 Å². The molecule has 2 heteroatoms. The summed E-state index contributed by atoms with van der Waals surface area (Å²) in [6.07, 6.45) is 0. The molecule has 0 nitrogen and oxygen atoms in total. The van der Waals surface area contributed by atoms with E-state index in [2.05, 4.69) is 60.7 Å². The summed E-state index contributed by atoms with van der Waals surface area (Å²) in [6, 6.07) is 37.3. The van der Waals surface area contributed by atoms with Gasteiger partial charge < -0.3 is 0 Å². The Morgan fingerprint density at radius 2 is 0.567 bits per heavy atom. The van der Waals surface area contributed by atoms with E-state index in [1.807, 2.05) is 48.5 Å². The predicted octanol–water partition coefficient (Wildman–Crippen LogP) is 9.29. The summed E-state index contributed by atoms with van der Waals surface area (Å²) in [5.74, 6) is 0. The highest BCUT2D eigenvalue weighted by Gasteiger charge is 2.09. The van der Waals surface area contributed by atoms with Gasteiger partial charge in [-0.05, 0) is 33.7 Å². The van der Waals surface area contributed by atoms with Gasteiger partial charge in [0.1, 0.15) is 0 Å². The minimum Gasteiger partial charge on any atom is -0.0830 e. The average molecular weight is 425 g/mol. The van der Waals surface area contributed by atoms with E-state index in [4.69, 9.17) is 23.2 Å². The molecule has 0 aliphatic rings. The molecule has 0 amide bonds. The number of benzene rings is 6. The molecule has 0 N–H and O–H groups in total. The third kappa shape index (κ3) is 3.39. The van der Waals surface area contributed by atoms with Gasteiger partial charge in [-0.15, -0.1) is 0 Å².